The Kier molecular flexibility index (Phi) is 10.1. The summed E-state index contributed by atoms with van der Waals surface area (Å²) in [4.78, 5) is 62.6. The summed E-state index contributed by atoms with van der Waals surface area (Å²) in [7, 11) is 0. The number of thioether (sulfide) groups is 3. The molecule has 2 unspecified atom stereocenters. The van der Waals surface area contributed by atoms with Crippen molar-refractivity contribution in [2.45, 2.75) is 45.4 Å². The molecule has 0 saturated carbocycles. The van der Waals surface area contributed by atoms with E-state index in [1.807, 2.05) is 6.26 Å². The first-order chi connectivity index (χ1) is 19.2. The van der Waals surface area contributed by atoms with Crippen molar-refractivity contribution in [3.63, 3.8) is 0 Å². The van der Waals surface area contributed by atoms with E-state index < -0.39 is 47.1 Å². The number of β-lactam (4-membered cyclic amide) rings is 1. The molecule has 1 fully saturated rings. The number of aliphatic carboxylic acids is 2. The fourth-order valence-corrected chi connectivity index (χ4v) is 8.01. The van der Waals surface area contributed by atoms with Crippen LogP contribution in [0.25, 0.3) is 0 Å². The number of nitrogens with one attached hydrogen (secondary N) is 2. The van der Waals surface area contributed by atoms with Crippen LogP contribution in [0.1, 0.15) is 29.6 Å². The fraction of sp³-hybridized carbons (Fsp3) is 0.375. The number of benzene rings is 1. The van der Waals surface area contributed by atoms with Crippen LogP contribution in [0.2, 0.25) is 0 Å². The SMILES string of the molecule is CSc1nnc(SCC2=C(C(=O)O)N3C(=O)C(NC(=O)CCCC(NC(=O)c4ccccc4)C(=O)O)[C@@H]3SC2)s1. The summed E-state index contributed by atoms with van der Waals surface area (Å²) in [5, 5.41) is 32.0. The van der Waals surface area contributed by atoms with Gasteiger partial charge in [0.2, 0.25) is 5.91 Å². The molecule has 3 atom stereocenters. The van der Waals surface area contributed by atoms with Gasteiger partial charge in [-0.3, -0.25) is 19.3 Å². The Labute approximate surface area is 245 Å². The zero-order chi connectivity index (χ0) is 28.8. The number of carboxylic acids is 2. The maximum absolute atomic E-state index is 12.9. The van der Waals surface area contributed by atoms with Gasteiger partial charge in [0.15, 0.2) is 8.68 Å². The van der Waals surface area contributed by atoms with Crippen LogP contribution in [0.4, 0.5) is 0 Å². The maximum atomic E-state index is 12.9. The van der Waals surface area contributed by atoms with Crippen LogP contribution in [0.3, 0.4) is 0 Å². The lowest BCUT2D eigenvalue weighted by atomic mass is 10.0. The molecule has 1 aromatic heterocycles. The third kappa shape index (κ3) is 6.97. The van der Waals surface area contributed by atoms with Gasteiger partial charge < -0.3 is 20.8 Å². The molecule has 0 aliphatic carbocycles. The monoisotopic (exact) mass is 623 g/mol. The zero-order valence-electron chi connectivity index (χ0n) is 21.1. The zero-order valence-corrected chi connectivity index (χ0v) is 24.3. The number of fused-ring (bicyclic) bond motifs is 1. The number of aromatic nitrogens is 2. The predicted molar refractivity (Wildman–Crippen MR) is 151 cm³/mol. The van der Waals surface area contributed by atoms with Gasteiger partial charge in [0, 0.05) is 23.5 Å². The molecular formula is C24H25N5O7S4. The van der Waals surface area contributed by atoms with Gasteiger partial charge in [-0.15, -0.1) is 22.0 Å². The Bertz CT molecular complexity index is 1340. The van der Waals surface area contributed by atoms with Gasteiger partial charge in [-0.2, -0.15) is 0 Å². The number of hydrogen-bond donors (Lipinski definition) is 4. The van der Waals surface area contributed by atoms with E-state index in [1.54, 1.807) is 30.3 Å². The molecule has 1 aromatic carbocycles. The number of carbonyl (C=O) groups excluding carboxylic acids is 3. The number of nitrogens with zero attached hydrogens (tertiary/aromatic N) is 3. The Morgan fingerprint density at radius 1 is 1.15 bits per heavy atom. The first-order valence-corrected chi connectivity index (χ1v) is 16.1. The fourth-order valence-electron chi connectivity index (χ4n) is 4.08. The number of hydrogen-bond acceptors (Lipinski definition) is 11. The maximum Gasteiger partial charge on any atom is 0.352 e. The third-order valence-electron chi connectivity index (χ3n) is 6.03. The summed E-state index contributed by atoms with van der Waals surface area (Å²) in [6, 6.07) is 6.15. The summed E-state index contributed by atoms with van der Waals surface area (Å²) in [5.41, 5.74) is 0.848. The minimum absolute atomic E-state index is 0.0181. The minimum atomic E-state index is -1.22. The minimum Gasteiger partial charge on any atom is -0.480 e. The van der Waals surface area contributed by atoms with E-state index in [4.69, 9.17) is 0 Å². The van der Waals surface area contributed by atoms with E-state index in [9.17, 15) is 34.2 Å². The van der Waals surface area contributed by atoms with Crippen LogP contribution >= 0.6 is 46.6 Å². The Morgan fingerprint density at radius 3 is 2.52 bits per heavy atom. The van der Waals surface area contributed by atoms with Crippen LogP contribution in [-0.4, -0.2) is 90.2 Å². The van der Waals surface area contributed by atoms with Crippen molar-refractivity contribution in [1.82, 2.24) is 25.7 Å². The lowest BCUT2D eigenvalue weighted by Crippen LogP contribution is -2.70. The van der Waals surface area contributed by atoms with Crippen molar-refractivity contribution >= 4 is 76.3 Å². The second-order valence-corrected chi connectivity index (χ2v) is 13.0. The van der Waals surface area contributed by atoms with Crippen molar-refractivity contribution in [3.05, 3.63) is 47.2 Å². The molecule has 4 rings (SSSR count). The standard InChI is InChI=1S/C24H25N5O7S4/c1-37-23-27-28-24(40-23)39-11-13-10-38-20-16(19(32)29(20)17(13)22(35)36)26-15(30)9-5-8-14(21(33)34)25-18(31)12-6-3-2-4-7-12/h2-4,6-7,14,16,20H,5,8-11H2,1H3,(H,25,31)(H,26,30)(H,33,34)(H,35,36)/t14?,16?,20-/m0/s1. The van der Waals surface area contributed by atoms with E-state index in [0.29, 0.717) is 27.0 Å². The number of carboxylic acid groups (broad SMARTS) is 2. The van der Waals surface area contributed by atoms with E-state index in [0.717, 1.165) is 4.34 Å². The summed E-state index contributed by atoms with van der Waals surface area (Å²) in [5.74, 6) is -3.20. The molecule has 3 amide bonds. The average molecular weight is 624 g/mol. The van der Waals surface area contributed by atoms with Gasteiger partial charge >= 0.3 is 11.9 Å². The average Bonchev–Trinajstić information content (AvgIpc) is 3.42. The smallest absolute Gasteiger partial charge is 0.352 e. The lowest BCUT2D eigenvalue weighted by Gasteiger charge is -2.49. The van der Waals surface area contributed by atoms with Gasteiger partial charge in [0.1, 0.15) is 23.2 Å². The normalized spacial score (nSPS) is 18.9. The summed E-state index contributed by atoms with van der Waals surface area (Å²) < 4.78 is 1.51. The Hall–Kier alpha value is -3.08. The van der Waals surface area contributed by atoms with Gasteiger partial charge in [-0.25, -0.2) is 9.59 Å². The third-order valence-corrected chi connectivity index (χ3v) is 10.5. The van der Waals surface area contributed by atoms with Gasteiger partial charge in [-0.05, 0) is 36.8 Å². The van der Waals surface area contributed by atoms with Crippen molar-refractivity contribution in [2.24, 2.45) is 0 Å². The molecule has 12 nitrogen and oxygen atoms in total. The highest BCUT2D eigenvalue weighted by molar-refractivity contribution is 8.03. The molecule has 3 heterocycles. The first kappa shape index (κ1) is 29.9. The second kappa shape index (κ2) is 13.5. The Morgan fingerprint density at radius 2 is 1.88 bits per heavy atom. The summed E-state index contributed by atoms with van der Waals surface area (Å²) >= 11 is 5.62. The van der Waals surface area contributed by atoms with Gasteiger partial charge in [0.05, 0.1) is 0 Å². The molecule has 0 radical (unpaired) electrons. The molecule has 2 aromatic rings. The van der Waals surface area contributed by atoms with Crippen LogP contribution in [0.15, 0.2) is 50.3 Å². The summed E-state index contributed by atoms with van der Waals surface area (Å²) in [6.07, 6.45) is 2.01. The molecule has 4 N–H and O–H groups in total. The summed E-state index contributed by atoms with van der Waals surface area (Å²) in [6.45, 7) is 0. The molecule has 2 aliphatic rings. The number of amides is 3. The highest BCUT2D eigenvalue weighted by atomic mass is 32.2. The number of rotatable bonds is 13. The highest BCUT2D eigenvalue weighted by Crippen LogP contribution is 2.42. The van der Waals surface area contributed by atoms with E-state index in [2.05, 4.69) is 20.8 Å². The quantitative estimate of drug-likeness (QED) is 0.189. The largest absolute Gasteiger partial charge is 0.480 e. The van der Waals surface area contributed by atoms with Gasteiger partial charge in [0.25, 0.3) is 11.8 Å². The molecule has 0 bridgehead atoms. The van der Waals surface area contributed by atoms with Crippen molar-refractivity contribution in [1.29, 1.82) is 0 Å². The highest BCUT2D eigenvalue weighted by Gasteiger charge is 2.54. The molecule has 1 saturated heterocycles. The first-order valence-electron chi connectivity index (χ1n) is 12.0. The predicted octanol–water partition coefficient (Wildman–Crippen LogP) is 2.14. The number of carbonyl (C=O) groups is 5. The Balaban J connectivity index is 1.28. The van der Waals surface area contributed by atoms with E-state index in [1.165, 1.54) is 51.5 Å². The molecule has 16 heteroatoms. The molecule has 2 aliphatic heterocycles. The van der Waals surface area contributed by atoms with Crippen LogP contribution < -0.4 is 10.6 Å². The van der Waals surface area contributed by atoms with Crippen LogP contribution in [-0.2, 0) is 19.2 Å². The van der Waals surface area contributed by atoms with Crippen molar-refractivity contribution in [2.75, 3.05) is 17.8 Å². The second-order valence-electron chi connectivity index (χ2n) is 8.66. The lowest BCUT2D eigenvalue weighted by molar-refractivity contribution is -0.150. The van der Waals surface area contributed by atoms with Gasteiger partial charge in [-0.1, -0.05) is 53.1 Å². The van der Waals surface area contributed by atoms with Crippen molar-refractivity contribution in [3.8, 4) is 0 Å². The topological polar surface area (TPSA) is 179 Å². The van der Waals surface area contributed by atoms with E-state index >= 15 is 0 Å². The molecule has 212 valence electrons. The molecular weight excluding hydrogens is 599 g/mol. The van der Waals surface area contributed by atoms with Crippen LogP contribution in [0, 0.1) is 0 Å². The van der Waals surface area contributed by atoms with Crippen molar-refractivity contribution < 1.29 is 34.2 Å². The molecule has 0 spiro atoms. The molecule has 40 heavy (non-hydrogen) atoms. The van der Waals surface area contributed by atoms with E-state index in [-0.39, 0.29) is 25.0 Å². The van der Waals surface area contributed by atoms with Crippen LogP contribution in [0.5, 0.6) is 0 Å².